The van der Waals surface area contributed by atoms with Gasteiger partial charge in [0, 0.05) is 12.0 Å². The van der Waals surface area contributed by atoms with Crippen molar-refractivity contribution >= 4 is 5.70 Å². The third-order valence-electron chi connectivity index (χ3n) is 8.54. The largest absolute Gasteiger partial charge is 0.374 e. The van der Waals surface area contributed by atoms with Gasteiger partial charge in [0.1, 0.15) is 18.4 Å². The Morgan fingerprint density at radius 3 is 1.63 bits per heavy atom. The van der Waals surface area contributed by atoms with Crippen LogP contribution in [0.4, 0.5) is 0 Å². The number of hydrogen-bond acceptors (Lipinski definition) is 3. The summed E-state index contributed by atoms with van der Waals surface area (Å²) in [6.45, 7) is 3.71. The molecular formula is C39H40N3O+. The van der Waals surface area contributed by atoms with E-state index in [2.05, 4.69) is 139 Å². The molecule has 0 spiro atoms. The first-order chi connectivity index (χ1) is 21.1. The summed E-state index contributed by atoms with van der Waals surface area (Å²) in [6, 6.07) is 51.8. The van der Waals surface area contributed by atoms with Crippen LogP contribution in [0.15, 0.2) is 158 Å². The predicted molar refractivity (Wildman–Crippen MR) is 175 cm³/mol. The number of rotatable bonds is 11. The molecule has 2 N–H and O–H groups in total. The molecule has 1 aliphatic heterocycles. The first-order valence-electron chi connectivity index (χ1n) is 15.2. The maximum Gasteiger partial charge on any atom is 0.169 e. The van der Waals surface area contributed by atoms with Crippen molar-refractivity contribution < 1.29 is 9.70 Å². The molecule has 0 amide bonds. The summed E-state index contributed by atoms with van der Waals surface area (Å²) in [5.74, 6) is 0. The van der Waals surface area contributed by atoms with Crippen LogP contribution >= 0.6 is 0 Å². The lowest BCUT2D eigenvalue weighted by Gasteiger charge is -2.47. The van der Waals surface area contributed by atoms with Gasteiger partial charge >= 0.3 is 0 Å². The highest BCUT2D eigenvalue weighted by atomic mass is 16.3. The van der Waals surface area contributed by atoms with E-state index in [1.54, 1.807) is 0 Å². The molecule has 216 valence electrons. The van der Waals surface area contributed by atoms with Crippen molar-refractivity contribution in [1.29, 1.82) is 0 Å². The van der Waals surface area contributed by atoms with Crippen molar-refractivity contribution in [2.45, 2.75) is 38.0 Å². The molecule has 0 aromatic heterocycles. The second-order valence-electron chi connectivity index (χ2n) is 11.4. The van der Waals surface area contributed by atoms with Gasteiger partial charge in [0.2, 0.25) is 0 Å². The standard InChI is InChI=1S/C39H40N3O/c1-2-28-42(31-37(34-22-12-5-13-23-34)41(40-42)30-33-20-10-4-11-21-33)38(29-32-18-8-3-9-19-32)39(43,35-24-14-6-15-25-35)36-26-16-7-17-27-36/h3-27,31,38,40,43H,2,28-30H2,1H3/q+1/t38-,42?/m0/s1. The van der Waals surface area contributed by atoms with Gasteiger partial charge in [-0.1, -0.05) is 164 Å². The Labute approximate surface area is 255 Å². The van der Waals surface area contributed by atoms with Crippen LogP contribution in [0.1, 0.15) is 41.2 Å². The fourth-order valence-electron chi connectivity index (χ4n) is 6.54. The van der Waals surface area contributed by atoms with E-state index < -0.39 is 5.60 Å². The van der Waals surface area contributed by atoms with Crippen LogP contribution in [0.25, 0.3) is 5.70 Å². The molecule has 1 unspecified atom stereocenters. The third kappa shape index (κ3) is 5.91. The van der Waals surface area contributed by atoms with Crippen molar-refractivity contribution in [2.75, 3.05) is 6.54 Å². The smallest absolute Gasteiger partial charge is 0.169 e. The first kappa shape index (κ1) is 28.6. The Hall–Kier alpha value is -4.48. The predicted octanol–water partition coefficient (Wildman–Crippen LogP) is 7.69. The summed E-state index contributed by atoms with van der Waals surface area (Å²) in [6.07, 6.45) is 3.94. The van der Waals surface area contributed by atoms with E-state index in [4.69, 9.17) is 0 Å². The number of nitrogens with one attached hydrogen (secondary N) is 1. The maximum atomic E-state index is 13.4. The van der Waals surface area contributed by atoms with Crippen LogP contribution in [0, 0.1) is 0 Å². The fourth-order valence-corrected chi connectivity index (χ4v) is 6.54. The van der Waals surface area contributed by atoms with Crippen LogP contribution < -0.4 is 5.53 Å². The third-order valence-corrected chi connectivity index (χ3v) is 8.54. The van der Waals surface area contributed by atoms with Gasteiger partial charge in [-0.2, -0.15) is 4.59 Å². The van der Waals surface area contributed by atoms with Gasteiger partial charge in [-0.3, -0.25) is 5.01 Å². The molecule has 6 rings (SSSR count). The molecule has 0 saturated carbocycles. The van der Waals surface area contributed by atoms with E-state index in [-0.39, 0.29) is 6.04 Å². The summed E-state index contributed by atoms with van der Waals surface area (Å²) < 4.78 is 0.392. The Balaban J connectivity index is 1.57. The van der Waals surface area contributed by atoms with Crippen LogP contribution in [0.3, 0.4) is 0 Å². The van der Waals surface area contributed by atoms with Gasteiger partial charge in [-0.05, 0) is 28.7 Å². The van der Waals surface area contributed by atoms with Gasteiger partial charge in [0.05, 0.1) is 6.54 Å². The van der Waals surface area contributed by atoms with Crippen molar-refractivity contribution in [3.63, 3.8) is 0 Å². The summed E-state index contributed by atoms with van der Waals surface area (Å²) in [5.41, 5.74) is 9.10. The van der Waals surface area contributed by atoms with E-state index in [1.807, 2.05) is 36.4 Å². The number of quaternary nitrogens is 1. The number of hydrazine groups is 1. The molecule has 0 aliphatic carbocycles. The van der Waals surface area contributed by atoms with E-state index >= 15 is 0 Å². The van der Waals surface area contributed by atoms with Gasteiger partial charge in [0.25, 0.3) is 0 Å². The van der Waals surface area contributed by atoms with Gasteiger partial charge < -0.3 is 5.11 Å². The second-order valence-corrected chi connectivity index (χ2v) is 11.4. The highest BCUT2D eigenvalue weighted by molar-refractivity contribution is 5.63. The van der Waals surface area contributed by atoms with Gasteiger partial charge in [-0.15, -0.1) is 0 Å². The van der Waals surface area contributed by atoms with E-state index in [0.717, 1.165) is 35.4 Å². The monoisotopic (exact) mass is 566 g/mol. The molecular weight excluding hydrogens is 526 g/mol. The lowest BCUT2D eigenvalue weighted by molar-refractivity contribution is -0.959. The second kappa shape index (κ2) is 12.8. The first-order valence-corrected chi connectivity index (χ1v) is 15.2. The molecule has 0 fully saturated rings. The number of benzene rings is 5. The molecule has 4 nitrogen and oxygen atoms in total. The average Bonchev–Trinajstić information content (AvgIpc) is 3.44. The highest BCUT2D eigenvalue weighted by Gasteiger charge is 2.55. The number of nitrogens with zero attached hydrogens (tertiary/aromatic N) is 2. The minimum atomic E-state index is -1.30. The SMILES string of the molecule is CCC[N+]1([C@@H](Cc2ccccc2)C(O)(c2ccccc2)c2ccccc2)C=C(c2ccccc2)N(Cc2ccccc2)N1. The molecule has 0 bridgehead atoms. The Bertz CT molecular complexity index is 1570. The molecule has 1 aliphatic rings. The Morgan fingerprint density at radius 2 is 1.12 bits per heavy atom. The van der Waals surface area contributed by atoms with Crippen molar-refractivity contribution in [3.05, 3.63) is 186 Å². The molecule has 5 aromatic carbocycles. The molecule has 43 heavy (non-hydrogen) atoms. The van der Waals surface area contributed by atoms with Crippen molar-refractivity contribution in [1.82, 2.24) is 10.5 Å². The topological polar surface area (TPSA) is 35.5 Å². The van der Waals surface area contributed by atoms with E-state index in [9.17, 15) is 5.11 Å². The zero-order valence-corrected chi connectivity index (χ0v) is 24.8. The summed E-state index contributed by atoms with van der Waals surface area (Å²) in [5, 5.41) is 15.6. The normalized spacial score (nSPS) is 17.4. The van der Waals surface area contributed by atoms with Gasteiger partial charge in [-0.25, -0.2) is 0 Å². The zero-order chi connectivity index (χ0) is 29.5. The Kier molecular flexibility index (Phi) is 8.52. The quantitative estimate of drug-likeness (QED) is 0.161. The average molecular weight is 567 g/mol. The van der Waals surface area contributed by atoms with Crippen molar-refractivity contribution in [2.24, 2.45) is 0 Å². The number of hydrogen-bond donors (Lipinski definition) is 2. The highest BCUT2D eigenvalue weighted by Crippen LogP contribution is 2.43. The Morgan fingerprint density at radius 1 is 0.651 bits per heavy atom. The summed E-state index contributed by atoms with van der Waals surface area (Å²) >= 11 is 0. The summed E-state index contributed by atoms with van der Waals surface area (Å²) in [4.78, 5) is 0. The van der Waals surface area contributed by atoms with E-state index in [1.165, 1.54) is 11.1 Å². The van der Waals surface area contributed by atoms with Crippen LogP contribution in [0.2, 0.25) is 0 Å². The molecule has 0 saturated heterocycles. The van der Waals surface area contributed by atoms with Crippen LogP contribution in [-0.2, 0) is 18.6 Å². The minimum Gasteiger partial charge on any atom is -0.374 e. The fraction of sp³-hybridized carbons (Fsp3) is 0.179. The lowest BCUT2D eigenvalue weighted by atomic mass is 9.76. The molecule has 0 radical (unpaired) electrons. The van der Waals surface area contributed by atoms with Crippen LogP contribution in [-0.4, -0.2) is 27.3 Å². The molecule has 4 heteroatoms. The lowest BCUT2D eigenvalue weighted by Crippen LogP contribution is -2.68. The number of aliphatic hydroxyl groups is 1. The zero-order valence-electron chi connectivity index (χ0n) is 24.8. The molecule has 2 atom stereocenters. The van der Waals surface area contributed by atoms with Crippen LogP contribution in [0.5, 0.6) is 0 Å². The molecule has 5 aromatic rings. The molecule has 1 heterocycles. The van der Waals surface area contributed by atoms with Crippen molar-refractivity contribution in [3.8, 4) is 0 Å². The van der Waals surface area contributed by atoms with E-state index in [0.29, 0.717) is 17.6 Å². The van der Waals surface area contributed by atoms with Gasteiger partial charge in [0.15, 0.2) is 11.6 Å². The minimum absolute atomic E-state index is 0.306. The maximum absolute atomic E-state index is 13.4. The summed E-state index contributed by atoms with van der Waals surface area (Å²) in [7, 11) is 0.